The van der Waals surface area contributed by atoms with Crippen LogP contribution in [0.3, 0.4) is 0 Å². The van der Waals surface area contributed by atoms with E-state index in [0.717, 1.165) is 5.56 Å². The molecule has 1 aromatic rings. The summed E-state index contributed by atoms with van der Waals surface area (Å²) in [6, 6.07) is 6.38. The van der Waals surface area contributed by atoms with Crippen LogP contribution in [0.1, 0.15) is 12.5 Å². The molecule has 0 amide bonds. The molecule has 5 nitrogen and oxygen atoms in total. The van der Waals surface area contributed by atoms with Crippen LogP contribution in [0.25, 0.3) is 0 Å². The molecule has 0 spiro atoms. The van der Waals surface area contributed by atoms with Crippen LogP contribution in [0, 0.1) is 10.4 Å². The van der Waals surface area contributed by atoms with E-state index in [1.165, 1.54) is 19.1 Å². The Kier molecular flexibility index (Phi) is 4.23. The van der Waals surface area contributed by atoms with Gasteiger partial charge in [0.15, 0.2) is 0 Å². The lowest BCUT2D eigenvalue weighted by molar-refractivity contribution is -0.715. The molecule has 0 radical (unpaired) electrons. The molecule has 0 saturated heterocycles. The van der Waals surface area contributed by atoms with Gasteiger partial charge in [-0.15, -0.1) is 0 Å². The van der Waals surface area contributed by atoms with E-state index in [-0.39, 0.29) is 18.3 Å². The maximum atomic E-state index is 10.5. The molecule has 0 aromatic heterocycles. The van der Waals surface area contributed by atoms with E-state index >= 15 is 0 Å². The highest BCUT2D eigenvalue weighted by molar-refractivity contribution is 5.65. The van der Waals surface area contributed by atoms with Gasteiger partial charge in [0.2, 0.25) is 0 Å². The number of ether oxygens (including phenoxy) is 1. The minimum atomic E-state index is -1.20. The average Bonchev–Trinajstić information content (AvgIpc) is 2.17. The molecule has 0 unspecified atom stereocenters. The monoisotopic (exact) mass is 210 g/mol. The number of carbonyl (C=O) groups excluding carboxylic acids is 1. The second kappa shape index (κ2) is 5.45. The van der Waals surface area contributed by atoms with E-state index < -0.39 is 5.23 Å². The summed E-state index contributed by atoms with van der Waals surface area (Å²) in [6.07, 6.45) is 0.501. The molecule has 5 heteroatoms. The first-order chi connectivity index (χ1) is 7.09. The van der Waals surface area contributed by atoms with E-state index in [0.29, 0.717) is 6.42 Å². The highest BCUT2D eigenvalue weighted by atomic mass is 16.8. The number of carbonyl (C=O) groups is 1. The van der Waals surface area contributed by atoms with Crippen molar-refractivity contribution in [3.05, 3.63) is 40.2 Å². The third-order valence-corrected chi connectivity index (χ3v) is 1.86. The smallest absolute Gasteiger partial charge is 0.302 e. The van der Waals surface area contributed by atoms with Crippen molar-refractivity contribution >= 4 is 11.7 Å². The van der Waals surface area contributed by atoms with E-state index in [2.05, 4.69) is 0 Å². The quantitative estimate of drug-likeness (QED) is 0.573. The van der Waals surface area contributed by atoms with Gasteiger partial charge < -0.3 is 20.4 Å². The van der Waals surface area contributed by atoms with Crippen LogP contribution in [-0.2, 0) is 16.0 Å². The first kappa shape index (κ1) is 11.6. The SMILES string of the molecule is CC(=O)OCCc1cccc([NH+]([O-])[O-])c1. The molecule has 1 N–H and O–H groups in total. The van der Waals surface area contributed by atoms with Crippen LogP contribution in [0.4, 0.5) is 5.69 Å². The van der Waals surface area contributed by atoms with Crippen molar-refractivity contribution in [2.75, 3.05) is 6.61 Å². The third-order valence-electron chi connectivity index (χ3n) is 1.86. The van der Waals surface area contributed by atoms with Gasteiger partial charge in [-0.1, -0.05) is 12.1 Å². The summed E-state index contributed by atoms with van der Waals surface area (Å²) in [4.78, 5) is 10.5. The molecule has 0 aliphatic rings. The first-order valence-electron chi connectivity index (χ1n) is 4.53. The fraction of sp³-hybridized carbons (Fsp3) is 0.300. The fourth-order valence-electron chi connectivity index (χ4n) is 1.17. The maximum Gasteiger partial charge on any atom is 0.302 e. The summed E-state index contributed by atoms with van der Waals surface area (Å²) in [5, 5.41) is 19.9. The van der Waals surface area contributed by atoms with Crippen LogP contribution >= 0.6 is 0 Å². The number of hydrogen-bond acceptors (Lipinski definition) is 4. The third kappa shape index (κ3) is 4.07. The Morgan fingerprint density at radius 3 is 2.80 bits per heavy atom. The van der Waals surface area contributed by atoms with Gasteiger partial charge in [-0.3, -0.25) is 4.79 Å². The second-order valence-corrected chi connectivity index (χ2v) is 3.08. The molecular weight excluding hydrogens is 198 g/mol. The van der Waals surface area contributed by atoms with E-state index in [4.69, 9.17) is 4.74 Å². The highest BCUT2D eigenvalue weighted by Gasteiger charge is 1.99. The molecule has 15 heavy (non-hydrogen) atoms. The molecule has 0 aliphatic heterocycles. The Morgan fingerprint density at radius 1 is 1.47 bits per heavy atom. The molecule has 1 rings (SSSR count). The number of quaternary nitrogens is 1. The van der Waals surface area contributed by atoms with Crippen LogP contribution in [0.5, 0.6) is 0 Å². The molecule has 0 heterocycles. The number of rotatable bonds is 4. The van der Waals surface area contributed by atoms with Crippen LogP contribution < -0.4 is 5.23 Å². The average molecular weight is 210 g/mol. The summed E-state index contributed by atoms with van der Waals surface area (Å²) in [5.74, 6) is -0.342. The summed E-state index contributed by atoms with van der Waals surface area (Å²) in [5.41, 5.74) is 0.938. The zero-order chi connectivity index (χ0) is 11.3. The van der Waals surface area contributed by atoms with Gasteiger partial charge in [0.25, 0.3) is 0 Å². The van der Waals surface area contributed by atoms with Crippen molar-refractivity contribution < 1.29 is 14.8 Å². The number of hydrogen-bond donors (Lipinski definition) is 1. The van der Waals surface area contributed by atoms with Crippen molar-refractivity contribution in [3.8, 4) is 0 Å². The second-order valence-electron chi connectivity index (χ2n) is 3.08. The Morgan fingerprint density at radius 2 is 2.20 bits per heavy atom. The van der Waals surface area contributed by atoms with Crippen molar-refractivity contribution in [3.63, 3.8) is 0 Å². The largest absolute Gasteiger partial charge is 0.628 e. The molecule has 0 aliphatic carbocycles. The summed E-state index contributed by atoms with van der Waals surface area (Å²) < 4.78 is 4.74. The van der Waals surface area contributed by atoms with Gasteiger partial charge in [0, 0.05) is 19.4 Å². The van der Waals surface area contributed by atoms with E-state index in [1.807, 2.05) is 0 Å². The van der Waals surface area contributed by atoms with Crippen LogP contribution in [0.15, 0.2) is 24.3 Å². The van der Waals surface area contributed by atoms with Crippen molar-refractivity contribution in [2.24, 2.45) is 0 Å². The zero-order valence-electron chi connectivity index (χ0n) is 8.36. The van der Waals surface area contributed by atoms with Gasteiger partial charge in [0.05, 0.1) is 6.61 Å². The van der Waals surface area contributed by atoms with Crippen molar-refractivity contribution in [1.82, 2.24) is 0 Å². The Hall–Kier alpha value is -1.43. The molecular formula is C10H12NO4-. The molecule has 0 atom stereocenters. The predicted octanol–water partition coefficient (Wildman–Crippen LogP) is 0.304. The summed E-state index contributed by atoms with van der Waals surface area (Å²) in [6.45, 7) is 1.59. The van der Waals surface area contributed by atoms with E-state index in [1.54, 1.807) is 12.1 Å². The van der Waals surface area contributed by atoms with Gasteiger partial charge >= 0.3 is 5.97 Å². The van der Waals surface area contributed by atoms with Gasteiger partial charge in [-0.25, -0.2) is 0 Å². The van der Waals surface area contributed by atoms with Gasteiger partial charge in [-0.05, 0) is 11.6 Å². The number of esters is 1. The standard InChI is InChI=1S/C10H12NO4/c1-8(12)15-6-5-9-3-2-4-10(7-9)11(13)14/h2-4,7,11H,5-6H2,1H3/q-1. The normalized spacial score (nSPS) is 10.4. The lowest BCUT2D eigenvalue weighted by Crippen LogP contribution is -2.96. The minimum Gasteiger partial charge on any atom is -0.628 e. The Labute approximate surface area is 87.4 Å². The number of benzene rings is 1. The van der Waals surface area contributed by atoms with Crippen LogP contribution in [-0.4, -0.2) is 12.6 Å². The lowest BCUT2D eigenvalue weighted by Gasteiger charge is -2.24. The molecule has 0 fully saturated rings. The van der Waals surface area contributed by atoms with Gasteiger partial charge in [-0.2, -0.15) is 0 Å². The first-order valence-corrected chi connectivity index (χ1v) is 4.53. The number of nitrogens with one attached hydrogen (secondary N) is 1. The lowest BCUT2D eigenvalue weighted by atomic mass is 10.1. The van der Waals surface area contributed by atoms with Crippen LogP contribution in [0.2, 0.25) is 0 Å². The summed E-state index contributed by atoms with van der Waals surface area (Å²) >= 11 is 0. The Balaban J connectivity index is 2.54. The molecule has 82 valence electrons. The molecule has 0 saturated carbocycles. The minimum absolute atomic E-state index is 0.135. The predicted molar refractivity (Wildman–Crippen MR) is 54.1 cm³/mol. The highest BCUT2D eigenvalue weighted by Crippen LogP contribution is 2.07. The maximum absolute atomic E-state index is 10.5. The molecule has 1 aromatic carbocycles. The zero-order valence-corrected chi connectivity index (χ0v) is 8.36. The van der Waals surface area contributed by atoms with E-state index in [9.17, 15) is 15.2 Å². The molecule has 0 bridgehead atoms. The van der Waals surface area contributed by atoms with Crippen molar-refractivity contribution in [1.29, 1.82) is 0 Å². The van der Waals surface area contributed by atoms with Crippen molar-refractivity contribution in [2.45, 2.75) is 13.3 Å². The topological polar surface area (TPSA) is 76.9 Å². The van der Waals surface area contributed by atoms with Gasteiger partial charge in [0.1, 0.15) is 5.69 Å². The Bertz CT molecular complexity index is 338. The summed E-state index contributed by atoms with van der Waals surface area (Å²) in [7, 11) is 0. The fourth-order valence-corrected chi connectivity index (χ4v) is 1.17.